The number of unbranched alkanes of at least 4 members (excludes halogenated alkanes) is 1. The molecule has 0 spiro atoms. The molecule has 0 bridgehead atoms. The minimum atomic E-state index is -0.680. The molecule has 1 aliphatic heterocycles. The summed E-state index contributed by atoms with van der Waals surface area (Å²) in [5.41, 5.74) is 0. The van der Waals surface area contributed by atoms with E-state index in [0.717, 1.165) is 19.4 Å². The van der Waals surface area contributed by atoms with Crippen molar-refractivity contribution in [3.8, 4) is 0 Å². The smallest absolute Gasteiger partial charge is 0.273 e. The van der Waals surface area contributed by atoms with Gasteiger partial charge < -0.3 is 10.2 Å². The van der Waals surface area contributed by atoms with E-state index in [2.05, 4.69) is 22.2 Å². The summed E-state index contributed by atoms with van der Waals surface area (Å²) in [7, 11) is 1.79. The topological polar surface area (TPSA) is 74.0 Å². The maximum Gasteiger partial charge on any atom is 0.273 e. The summed E-state index contributed by atoms with van der Waals surface area (Å²) in [6.07, 6.45) is 2.29. The highest BCUT2D eigenvalue weighted by Crippen LogP contribution is 2.01. The Morgan fingerprint density at radius 3 is 2.93 bits per heavy atom. The predicted octanol–water partition coefficient (Wildman–Crippen LogP) is 0.0862. The number of nitrogens with one attached hydrogen (secondary N) is 1. The van der Waals surface area contributed by atoms with E-state index in [0.29, 0.717) is 19.3 Å². The van der Waals surface area contributed by atoms with Gasteiger partial charge in [0.05, 0.1) is 13.3 Å². The van der Waals surface area contributed by atoms with Crippen molar-refractivity contribution in [1.29, 1.82) is 0 Å². The Bertz CT molecular complexity index is 255. The van der Waals surface area contributed by atoms with Crippen molar-refractivity contribution in [1.82, 2.24) is 15.1 Å². The molecule has 1 aliphatic rings. The van der Waals surface area contributed by atoms with Crippen LogP contribution in [0.2, 0.25) is 0 Å². The number of rotatable bonds is 4. The number of nitrogens with zero attached hydrogens (tertiary/aromatic N) is 4. The second-order valence-electron chi connectivity index (χ2n) is 3.58. The lowest BCUT2D eigenvalue weighted by atomic mass is 10.3. The zero-order valence-corrected chi connectivity index (χ0v) is 9.14. The van der Waals surface area contributed by atoms with Gasteiger partial charge in [0.25, 0.3) is 5.96 Å². The van der Waals surface area contributed by atoms with Gasteiger partial charge in [-0.3, -0.25) is 4.90 Å². The molecule has 0 aromatic rings. The van der Waals surface area contributed by atoms with Gasteiger partial charge >= 0.3 is 0 Å². The van der Waals surface area contributed by atoms with Gasteiger partial charge in [-0.15, -0.1) is 0 Å². The monoisotopic (exact) mass is 215 g/mol. The lowest BCUT2D eigenvalue weighted by Crippen LogP contribution is -2.55. The van der Waals surface area contributed by atoms with Crippen LogP contribution < -0.4 is 5.32 Å². The van der Waals surface area contributed by atoms with E-state index in [1.165, 1.54) is 0 Å². The maximum atomic E-state index is 10.2. The lowest BCUT2D eigenvalue weighted by Gasteiger charge is -2.34. The predicted molar refractivity (Wildman–Crippen MR) is 56.7 cm³/mol. The van der Waals surface area contributed by atoms with E-state index in [1.807, 2.05) is 0 Å². The maximum absolute atomic E-state index is 10.2. The molecule has 0 aromatic carbocycles. The third-order valence-electron chi connectivity index (χ3n) is 2.24. The second kappa shape index (κ2) is 5.50. The Morgan fingerprint density at radius 2 is 2.40 bits per heavy atom. The van der Waals surface area contributed by atoms with E-state index < -0.39 is 5.03 Å². The first kappa shape index (κ1) is 11.7. The van der Waals surface area contributed by atoms with Crippen LogP contribution >= 0.6 is 0 Å². The number of hydrogen-bond donors (Lipinski definition) is 1. The second-order valence-corrected chi connectivity index (χ2v) is 3.58. The van der Waals surface area contributed by atoms with Crippen LogP contribution in [0, 0.1) is 10.1 Å². The summed E-state index contributed by atoms with van der Waals surface area (Å²) in [6, 6.07) is 0. The van der Waals surface area contributed by atoms with Crippen LogP contribution in [0.4, 0.5) is 0 Å². The molecule has 1 saturated heterocycles. The number of hydrazone groups is 1. The van der Waals surface area contributed by atoms with E-state index >= 15 is 0 Å². The van der Waals surface area contributed by atoms with Crippen molar-refractivity contribution in [3.63, 3.8) is 0 Å². The summed E-state index contributed by atoms with van der Waals surface area (Å²) in [4.78, 5) is 14.1. The summed E-state index contributed by atoms with van der Waals surface area (Å²) >= 11 is 0. The summed E-state index contributed by atoms with van der Waals surface area (Å²) < 4.78 is 0. The van der Waals surface area contributed by atoms with Gasteiger partial charge in [0.2, 0.25) is 0 Å². The van der Waals surface area contributed by atoms with Crippen LogP contribution in [0.25, 0.3) is 0 Å². The number of nitro groups is 1. The van der Waals surface area contributed by atoms with Crippen molar-refractivity contribution >= 4 is 5.96 Å². The molecule has 1 N–H and O–H groups in total. The van der Waals surface area contributed by atoms with Gasteiger partial charge in [-0.2, -0.15) is 0 Å². The van der Waals surface area contributed by atoms with Gasteiger partial charge in [-0.1, -0.05) is 13.3 Å². The molecule has 1 heterocycles. The third kappa shape index (κ3) is 3.70. The van der Waals surface area contributed by atoms with Crippen molar-refractivity contribution in [2.75, 3.05) is 26.9 Å². The molecule has 1 rings (SSSR count). The molecule has 0 radical (unpaired) electrons. The Balaban J connectivity index is 2.44. The first-order chi connectivity index (χ1) is 7.13. The normalized spacial score (nSPS) is 20.4. The molecular formula is C8H17N5O2. The lowest BCUT2D eigenvalue weighted by molar-refractivity contribution is -0.486. The van der Waals surface area contributed by atoms with Crippen LogP contribution in [-0.2, 0) is 0 Å². The fourth-order valence-corrected chi connectivity index (χ4v) is 1.45. The van der Waals surface area contributed by atoms with Crippen molar-refractivity contribution < 1.29 is 5.03 Å². The van der Waals surface area contributed by atoms with E-state index in [1.54, 1.807) is 11.9 Å². The molecule has 7 heteroatoms. The summed E-state index contributed by atoms with van der Waals surface area (Å²) in [5, 5.41) is 15.7. The molecule has 1 fully saturated rings. The van der Waals surface area contributed by atoms with E-state index in [4.69, 9.17) is 0 Å². The highest BCUT2D eigenvalue weighted by molar-refractivity contribution is 5.79. The van der Waals surface area contributed by atoms with Crippen molar-refractivity contribution in [2.45, 2.75) is 19.8 Å². The van der Waals surface area contributed by atoms with Crippen LogP contribution in [0.5, 0.6) is 0 Å². The van der Waals surface area contributed by atoms with Gasteiger partial charge in [0.1, 0.15) is 5.10 Å². The molecule has 0 aliphatic carbocycles. The van der Waals surface area contributed by atoms with Crippen LogP contribution in [-0.4, -0.2) is 47.7 Å². The number of hydrogen-bond acceptors (Lipinski definition) is 3. The van der Waals surface area contributed by atoms with Gasteiger partial charge in [0.15, 0.2) is 5.03 Å². The Morgan fingerprint density at radius 1 is 1.67 bits per heavy atom. The summed E-state index contributed by atoms with van der Waals surface area (Å²) in [5.74, 6) is 0.327. The quantitative estimate of drug-likeness (QED) is 0.531. The van der Waals surface area contributed by atoms with Crippen molar-refractivity contribution in [3.05, 3.63) is 10.1 Å². The molecule has 0 amide bonds. The van der Waals surface area contributed by atoms with Gasteiger partial charge in [0, 0.05) is 13.6 Å². The molecule has 7 nitrogen and oxygen atoms in total. The van der Waals surface area contributed by atoms with Crippen LogP contribution in [0.3, 0.4) is 0 Å². The average Bonchev–Trinajstić information content (AvgIpc) is 2.18. The van der Waals surface area contributed by atoms with Crippen molar-refractivity contribution in [2.24, 2.45) is 5.10 Å². The Labute approximate surface area is 88.9 Å². The van der Waals surface area contributed by atoms with Crippen LogP contribution in [0.15, 0.2) is 5.10 Å². The highest BCUT2D eigenvalue weighted by Gasteiger charge is 2.20. The van der Waals surface area contributed by atoms with Gasteiger partial charge in [-0.05, 0) is 6.42 Å². The van der Waals surface area contributed by atoms with E-state index in [9.17, 15) is 10.1 Å². The molecular weight excluding hydrogens is 198 g/mol. The third-order valence-corrected chi connectivity index (χ3v) is 2.24. The molecule has 0 unspecified atom stereocenters. The average molecular weight is 215 g/mol. The first-order valence-electron chi connectivity index (χ1n) is 5.04. The Hall–Kier alpha value is -1.37. The minimum absolute atomic E-state index is 0.327. The largest absolute Gasteiger partial charge is 0.338 e. The number of guanidine groups is 1. The zero-order valence-electron chi connectivity index (χ0n) is 9.14. The standard InChI is InChI=1S/C8H17N5O2/c1-3-4-5-12-6-9-8(10-13(14)15)11(2)7-12/h3-7H2,1-2H3,(H,9,10). The minimum Gasteiger partial charge on any atom is -0.338 e. The molecule has 86 valence electrons. The van der Waals surface area contributed by atoms with Gasteiger partial charge in [-0.25, -0.2) is 10.1 Å². The molecule has 0 atom stereocenters. The highest BCUT2D eigenvalue weighted by atomic mass is 16.7. The first-order valence-corrected chi connectivity index (χ1v) is 5.04. The molecule has 0 aromatic heterocycles. The Kier molecular flexibility index (Phi) is 4.29. The van der Waals surface area contributed by atoms with E-state index in [-0.39, 0.29) is 0 Å². The molecule has 15 heavy (non-hydrogen) atoms. The van der Waals surface area contributed by atoms with Crippen LogP contribution in [0.1, 0.15) is 19.8 Å². The SMILES string of the molecule is CCCCN1CN/C(=N\[N+](=O)[O-])N(C)C1. The zero-order chi connectivity index (χ0) is 11.3. The molecule has 0 saturated carbocycles. The fraction of sp³-hybridized carbons (Fsp3) is 0.875. The summed E-state index contributed by atoms with van der Waals surface area (Å²) in [6.45, 7) is 4.44. The fourth-order valence-electron chi connectivity index (χ4n) is 1.45.